The van der Waals surface area contributed by atoms with Crippen LogP contribution in [0.1, 0.15) is 27.2 Å². The number of aliphatic hydroxyl groups is 1. The summed E-state index contributed by atoms with van der Waals surface area (Å²) in [5, 5.41) is 13.2. The normalized spacial score (nSPS) is 9.86. The predicted molar refractivity (Wildman–Crippen MR) is 82.0 cm³/mol. The number of carbonyl (C=O) groups excluding carboxylic acids is 1. The molecule has 0 fully saturated rings. The monoisotopic (exact) mass is 303 g/mol. The van der Waals surface area contributed by atoms with E-state index in [1.165, 1.54) is 23.5 Å². The maximum absolute atomic E-state index is 13.2. The second-order valence-electron chi connectivity index (χ2n) is 4.36. The van der Waals surface area contributed by atoms with Crippen molar-refractivity contribution >= 4 is 22.9 Å². The summed E-state index contributed by atoms with van der Waals surface area (Å²) in [6.07, 6.45) is 0.369. The molecule has 2 aromatic rings. The van der Waals surface area contributed by atoms with E-state index in [4.69, 9.17) is 5.11 Å². The van der Waals surface area contributed by atoms with Gasteiger partial charge in [0.05, 0.1) is 6.61 Å². The maximum Gasteiger partial charge on any atom is 0.267 e. The molecule has 2 rings (SSSR count). The lowest BCUT2D eigenvalue weighted by Crippen LogP contribution is -2.11. The van der Waals surface area contributed by atoms with Crippen LogP contribution in [0, 0.1) is 24.6 Å². The lowest BCUT2D eigenvalue weighted by molar-refractivity contribution is 0.103. The molecule has 3 nitrogen and oxygen atoms in total. The number of thiophene rings is 1. The summed E-state index contributed by atoms with van der Waals surface area (Å²) in [4.78, 5) is 12.7. The highest BCUT2D eigenvalue weighted by Crippen LogP contribution is 2.19. The molecule has 0 aliphatic rings. The zero-order valence-electron chi connectivity index (χ0n) is 11.4. The fourth-order valence-electron chi connectivity index (χ4n) is 1.71. The number of nitrogens with one attached hydrogen (secondary N) is 1. The minimum atomic E-state index is -0.306. The molecule has 0 unspecified atom stereocenters. The van der Waals surface area contributed by atoms with Gasteiger partial charge in [0.25, 0.3) is 5.91 Å². The Morgan fingerprint density at radius 2 is 2.24 bits per heavy atom. The second-order valence-corrected chi connectivity index (χ2v) is 5.27. The Labute approximate surface area is 126 Å². The number of aryl methyl sites for hydroxylation is 1. The second kappa shape index (κ2) is 7.02. The average Bonchev–Trinajstić information content (AvgIpc) is 2.92. The Morgan fingerprint density at radius 3 is 2.95 bits per heavy atom. The molecule has 1 amide bonds. The molecule has 0 aliphatic heterocycles. The number of carbonyl (C=O) groups is 1. The number of halogens is 1. The summed E-state index contributed by atoms with van der Waals surface area (Å²) in [5.74, 6) is 5.07. The van der Waals surface area contributed by atoms with Crippen LogP contribution in [0.25, 0.3) is 0 Å². The van der Waals surface area contributed by atoms with Crippen LogP contribution in [0.3, 0.4) is 0 Å². The molecule has 1 heterocycles. The molecule has 0 aliphatic carbocycles. The van der Waals surface area contributed by atoms with Crippen molar-refractivity contribution in [1.29, 1.82) is 0 Å². The highest BCUT2D eigenvalue weighted by molar-refractivity contribution is 7.12. The van der Waals surface area contributed by atoms with Crippen molar-refractivity contribution < 1.29 is 14.3 Å². The van der Waals surface area contributed by atoms with Gasteiger partial charge in [0.15, 0.2) is 0 Å². The van der Waals surface area contributed by atoms with E-state index in [-0.39, 0.29) is 18.3 Å². The first-order chi connectivity index (χ1) is 10.1. The van der Waals surface area contributed by atoms with E-state index in [1.807, 2.05) is 0 Å². The number of benzene rings is 1. The van der Waals surface area contributed by atoms with Crippen LogP contribution >= 0.6 is 11.3 Å². The smallest absolute Gasteiger partial charge is 0.267 e. The molecule has 2 N–H and O–H groups in total. The van der Waals surface area contributed by atoms with Gasteiger partial charge >= 0.3 is 0 Å². The van der Waals surface area contributed by atoms with E-state index >= 15 is 0 Å². The van der Waals surface area contributed by atoms with Gasteiger partial charge in [0, 0.05) is 17.7 Å². The molecule has 1 aromatic heterocycles. The summed E-state index contributed by atoms with van der Waals surface area (Å²) < 4.78 is 13.2. The summed E-state index contributed by atoms with van der Waals surface area (Å²) in [5.41, 5.74) is 1.65. The third-order valence-corrected chi connectivity index (χ3v) is 3.66. The predicted octanol–water partition coefficient (Wildman–Crippen LogP) is 3.18. The van der Waals surface area contributed by atoms with Crippen LogP contribution in [-0.2, 0) is 0 Å². The Balaban J connectivity index is 2.16. The minimum Gasteiger partial charge on any atom is -0.395 e. The van der Waals surface area contributed by atoms with Crippen molar-refractivity contribution in [3.8, 4) is 11.8 Å². The molecular weight excluding hydrogens is 289 g/mol. The number of hydrogen-bond acceptors (Lipinski definition) is 3. The third-order valence-electron chi connectivity index (χ3n) is 2.75. The van der Waals surface area contributed by atoms with Crippen molar-refractivity contribution in [2.45, 2.75) is 13.3 Å². The molecule has 0 radical (unpaired) electrons. The topological polar surface area (TPSA) is 49.3 Å². The highest BCUT2D eigenvalue weighted by Gasteiger charge is 2.12. The number of hydrogen-bond donors (Lipinski definition) is 2. The fraction of sp³-hybridized carbons (Fsp3) is 0.188. The first kappa shape index (κ1) is 15.2. The molecular formula is C16H14FNO2S. The number of anilines is 1. The third kappa shape index (κ3) is 3.91. The van der Waals surface area contributed by atoms with Gasteiger partial charge in [-0.25, -0.2) is 4.39 Å². The van der Waals surface area contributed by atoms with Gasteiger partial charge in [-0.3, -0.25) is 4.79 Å². The lowest BCUT2D eigenvalue weighted by atomic mass is 10.2. The van der Waals surface area contributed by atoms with E-state index < -0.39 is 0 Å². The highest BCUT2D eigenvalue weighted by atomic mass is 32.1. The average molecular weight is 303 g/mol. The number of amides is 1. The van der Waals surface area contributed by atoms with E-state index in [0.29, 0.717) is 28.1 Å². The summed E-state index contributed by atoms with van der Waals surface area (Å²) in [6, 6.07) is 6.18. The minimum absolute atomic E-state index is 0.00643. The van der Waals surface area contributed by atoms with Gasteiger partial charge in [-0.1, -0.05) is 11.8 Å². The van der Waals surface area contributed by atoms with Gasteiger partial charge in [-0.15, -0.1) is 11.3 Å². The van der Waals surface area contributed by atoms with E-state index in [1.54, 1.807) is 24.4 Å². The molecule has 21 heavy (non-hydrogen) atoms. The summed E-state index contributed by atoms with van der Waals surface area (Å²) in [7, 11) is 0. The molecule has 0 saturated carbocycles. The van der Waals surface area contributed by atoms with Crippen molar-refractivity contribution in [2.75, 3.05) is 11.9 Å². The first-order valence-electron chi connectivity index (χ1n) is 6.36. The molecule has 0 atom stereocenters. The van der Waals surface area contributed by atoms with Crippen molar-refractivity contribution in [1.82, 2.24) is 0 Å². The fourth-order valence-corrected chi connectivity index (χ4v) is 2.45. The zero-order chi connectivity index (χ0) is 15.2. The lowest BCUT2D eigenvalue weighted by Gasteiger charge is -2.05. The van der Waals surface area contributed by atoms with Gasteiger partial charge < -0.3 is 10.4 Å². The van der Waals surface area contributed by atoms with Crippen LogP contribution in [0.15, 0.2) is 29.6 Å². The van der Waals surface area contributed by atoms with Crippen molar-refractivity contribution in [3.05, 3.63) is 51.5 Å². The van der Waals surface area contributed by atoms with Gasteiger partial charge in [0.2, 0.25) is 0 Å². The Kier molecular flexibility index (Phi) is 5.09. The number of aliphatic hydroxyl groups excluding tert-OH is 1. The molecule has 108 valence electrons. The van der Waals surface area contributed by atoms with Crippen LogP contribution in [-0.4, -0.2) is 17.6 Å². The van der Waals surface area contributed by atoms with Crippen LogP contribution in [0.5, 0.6) is 0 Å². The van der Waals surface area contributed by atoms with Gasteiger partial charge in [-0.2, -0.15) is 0 Å². The summed E-state index contributed by atoms with van der Waals surface area (Å²) >= 11 is 1.29. The zero-order valence-corrected chi connectivity index (χ0v) is 12.3. The molecule has 1 aromatic carbocycles. The molecule has 0 bridgehead atoms. The molecule has 5 heteroatoms. The largest absolute Gasteiger partial charge is 0.395 e. The molecule has 0 spiro atoms. The number of rotatable bonds is 3. The van der Waals surface area contributed by atoms with E-state index in [2.05, 4.69) is 17.2 Å². The standard InChI is InChI=1S/C16H14FNO2S/c1-11-10-13(5-6-14(11)17)18-16(20)15-12(7-9-21-15)4-2-3-8-19/h5-7,9-10,19H,3,8H2,1H3,(H,18,20). The Morgan fingerprint density at radius 1 is 1.43 bits per heavy atom. The van der Waals surface area contributed by atoms with E-state index in [0.717, 1.165) is 0 Å². The summed E-state index contributed by atoms with van der Waals surface area (Å²) in [6.45, 7) is 1.63. The Hall–Kier alpha value is -2.16. The quantitative estimate of drug-likeness (QED) is 0.856. The van der Waals surface area contributed by atoms with Crippen LogP contribution in [0.4, 0.5) is 10.1 Å². The Bertz CT molecular complexity index is 713. The first-order valence-corrected chi connectivity index (χ1v) is 7.24. The van der Waals surface area contributed by atoms with Crippen LogP contribution in [0.2, 0.25) is 0 Å². The van der Waals surface area contributed by atoms with Crippen molar-refractivity contribution in [2.24, 2.45) is 0 Å². The maximum atomic E-state index is 13.2. The SMILES string of the molecule is Cc1cc(NC(=O)c2sccc2C#CCCO)ccc1F. The van der Waals surface area contributed by atoms with E-state index in [9.17, 15) is 9.18 Å². The van der Waals surface area contributed by atoms with Crippen LogP contribution < -0.4 is 5.32 Å². The molecule has 0 saturated heterocycles. The van der Waals surface area contributed by atoms with Gasteiger partial charge in [-0.05, 0) is 42.1 Å². The van der Waals surface area contributed by atoms with Crippen molar-refractivity contribution in [3.63, 3.8) is 0 Å². The van der Waals surface area contributed by atoms with Gasteiger partial charge in [0.1, 0.15) is 10.7 Å².